The van der Waals surface area contributed by atoms with E-state index < -0.39 is 17.5 Å². The number of nitrogens with zero attached hydrogens (tertiary/aromatic N) is 4. The molecule has 2 aromatic heterocycles. The molecule has 2 aliphatic heterocycles. The van der Waals surface area contributed by atoms with Gasteiger partial charge in [0.2, 0.25) is 5.95 Å². The van der Waals surface area contributed by atoms with Gasteiger partial charge in [-0.15, -0.1) is 0 Å². The van der Waals surface area contributed by atoms with Crippen molar-refractivity contribution in [2.24, 2.45) is 0 Å². The molecule has 2 N–H and O–H groups in total. The van der Waals surface area contributed by atoms with Crippen LogP contribution in [0.5, 0.6) is 0 Å². The molecule has 0 amide bonds. The number of ether oxygens (including phenoxy) is 2. The van der Waals surface area contributed by atoms with Gasteiger partial charge in [0.15, 0.2) is 5.82 Å². The number of nitrogens with one attached hydrogen (secondary N) is 2. The topological polar surface area (TPSA) is 88.2 Å². The molecule has 3 unspecified atom stereocenters. The summed E-state index contributed by atoms with van der Waals surface area (Å²) in [6.45, 7) is 6.68. The van der Waals surface area contributed by atoms with Crippen LogP contribution in [0.3, 0.4) is 0 Å². The van der Waals surface area contributed by atoms with E-state index >= 15 is 0 Å². The zero-order valence-corrected chi connectivity index (χ0v) is 20.2. The Hall–Kier alpha value is -3.02. The third-order valence-corrected chi connectivity index (χ3v) is 6.73. The summed E-state index contributed by atoms with van der Waals surface area (Å²) in [5.41, 5.74) is 0.490. The van der Waals surface area contributed by atoms with Gasteiger partial charge in [0.05, 0.1) is 43.1 Å². The molecule has 0 spiro atoms. The molecular formula is C25H29F3N6O2. The summed E-state index contributed by atoms with van der Waals surface area (Å²) in [7, 11) is 0. The molecule has 1 aromatic carbocycles. The fourth-order valence-corrected chi connectivity index (χ4v) is 4.67. The van der Waals surface area contributed by atoms with Gasteiger partial charge in [0.25, 0.3) is 0 Å². The molecule has 0 radical (unpaired) electrons. The number of hydrogen-bond donors (Lipinski definition) is 2. The molecule has 3 atom stereocenters. The molecule has 11 heteroatoms. The van der Waals surface area contributed by atoms with Crippen molar-refractivity contribution in [1.29, 1.82) is 0 Å². The molecule has 8 nitrogen and oxygen atoms in total. The van der Waals surface area contributed by atoms with Crippen molar-refractivity contribution in [3.63, 3.8) is 0 Å². The molecule has 192 valence electrons. The molecule has 5 rings (SSSR count). The second-order valence-electron chi connectivity index (χ2n) is 9.42. The second-order valence-corrected chi connectivity index (χ2v) is 9.42. The third kappa shape index (κ3) is 5.37. The summed E-state index contributed by atoms with van der Waals surface area (Å²) in [5, 5.41) is 2.68. The highest BCUT2D eigenvalue weighted by Gasteiger charge is 2.25. The van der Waals surface area contributed by atoms with Crippen molar-refractivity contribution in [2.45, 2.75) is 51.3 Å². The smallest absolute Gasteiger partial charge is 0.228 e. The minimum absolute atomic E-state index is 0.00911. The number of benzene rings is 1. The average molecular weight is 503 g/mol. The fourth-order valence-electron chi connectivity index (χ4n) is 4.67. The van der Waals surface area contributed by atoms with E-state index in [0.717, 1.165) is 30.9 Å². The second kappa shape index (κ2) is 10.5. The van der Waals surface area contributed by atoms with E-state index in [1.165, 1.54) is 12.3 Å². The van der Waals surface area contributed by atoms with Gasteiger partial charge in [0, 0.05) is 43.3 Å². The zero-order valence-electron chi connectivity index (χ0n) is 20.2. The lowest BCUT2D eigenvalue weighted by Crippen LogP contribution is -2.43. The van der Waals surface area contributed by atoms with Crippen molar-refractivity contribution in [3.8, 4) is 11.4 Å². The van der Waals surface area contributed by atoms with E-state index in [2.05, 4.69) is 25.3 Å². The minimum Gasteiger partial charge on any atom is -0.379 e. The maximum atomic E-state index is 14.9. The van der Waals surface area contributed by atoms with E-state index in [1.807, 2.05) is 18.7 Å². The van der Waals surface area contributed by atoms with Gasteiger partial charge in [-0.05, 0) is 32.8 Å². The standard InChI is InChI=1S/C25H29F3N6O2/c1-14-13-35-6-4-34(14)12-17-8-19(27)21(9-18(17)26)32-25-30-10-20(28)23(33-25)22-11-29-24(31-22)16-3-5-36-15(2)7-16/h8-11,14-16H,3-7,12-13H2,1-2H3,(H,29,31)(H,30,32,33). The SMILES string of the molecule is CC1CC(c2ncc(-c3nc(Nc4cc(F)c(CN5CCOCC5C)cc4F)ncc3F)[nH]2)CCO1. The number of halogens is 3. The molecule has 0 bridgehead atoms. The molecule has 0 saturated carbocycles. The van der Waals surface area contributed by atoms with Crippen LogP contribution < -0.4 is 5.32 Å². The number of rotatable bonds is 6. The Balaban J connectivity index is 1.33. The van der Waals surface area contributed by atoms with E-state index in [4.69, 9.17) is 9.47 Å². The molecule has 0 aliphatic carbocycles. The number of aromatic nitrogens is 4. The van der Waals surface area contributed by atoms with Gasteiger partial charge in [-0.1, -0.05) is 0 Å². The van der Waals surface area contributed by atoms with Gasteiger partial charge < -0.3 is 19.8 Å². The van der Waals surface area contributed by atoms with Crippen molar-refractivity contribution in [1.82, 2.24) is 24.8 Å². The van der Waals surface area contributed by atoms with Crippen LogP contribution in [0.2, 0.25) is 0 Å². The van der Waals surface area contributed by atoms with Gasteiger partial charge in [-0.3, -0.25) is 4.90 Å². The van der Waals surface area contributed by atoms with Gasteiger partial charge in [0.1, 0.15) is 23.2 Å². The average Bonchev–Trinajstić information content (AvgIpc) is 3.35. The Morgan fingerprint density at radius 3 is 2.75 bits per heavy atom. The summed E-state index contributed by atoms with van der Waals surface area (Å²) in [5.74, 6) is -0.997. The monoisotopic (exact) mass is 502 g/mol. The quantitative estimate of drug-likeness (QED) is 0.512. The van der Waals surface area contributed by atoms with Crippen LogP contribution in [0.15, 0.2) is 24.5 Å². The maximum Gasteiger partial charge on any atom is 0.228 e. The molecule has 36 heavy (non-hydrogen) atoms. The Bertz CT molecular complexity index is 1220. The number of hydrogen-bond acceptors (Lipinski definition) is 7. The molecule has 4 heterocycles. The van der Waals surface area contributed by atoms with Crippen LogP contribution >= 0.6 is 0 Å². The fraction of sp³-hybridized carbons (Fsp3) is 0.480. The number of morpholine rings is 1. The first-order chi connectivity index (χ1) is 17.4. The van der Waals surface area contributed by atoms with Crippen molar-refractivity contribution >= 4 is 11.6 Å². The maximum absolute atomic E-state index is 14.9. The largest absolute Gasteiger partial charge is 0.379 e. The van der Waals surface area contributed by atoms with Crippen LogP contribution in [-0.4, -0.2) is 63.3 Å². The van der Waals surface area contributed by atoms with Crippen LogP contribution in [0.4, 0.5) is 24.8 Å². The summed E-state index contributed by atoms with van der Waals surface area (Å²) in [6, 6.07) is 2.35. The zero-order chi connectivity index (χ0) is 25.2. The molecule has 2 aliphatic rings. The van der Waals surface area contributed by atoms with E-state index in [1.54, 1.807) is 0 Å². The number of aromatic amines is 1. The Labute approximate surface area is 207 Å². The Kier molecular flexibility index (Phi) is 7.22. The lowest BCUT2D eigenvalue weighted by molar-refractivity contribution is -0.00483. The van der Waals surface area contributed by atoms with Crippen LogP contribution in [0.25, 0.3) is 11.4 Å². The first-order valence-corrected chi connectivity index (χ1v) is 12.1. The number of H-pyrrole nitrogens is 1. The van der Waals surface area contributed by atoms with Crippen molar-refractivity contribution in [3.05, 3.63) is 53.4 Å². The first-order valence-electron chi connectivity index (χ1n) is 12.1. The lowest BCUT2D eigenvalue weighted by Gasteiger charge is -2.33. The molecule has 2 saturated heterocycles. The highest BCUT2D eigenvalue weighted by molar-refractivity contribution is 5.60. The molecule has 2 fully saturated rings. The van der Waals surface area contributed by atoms with Crippen LogP contribution in [0.1, 0.15) is 44.0 Å². The van der Waals surface area contributed by atoms with E-state index in [0.29, 0.717) is 32.1 Å². The van der Waals surface area contributed by atoms with E-state index in [9.17, 15) is 13.2 Å². The van der Waals surface area contributed by atoms with Gasteiger partial charge in [-0.25, -0.2) is 28.1 Å². The van der Waals surface area contributed by atoms with Gasteiger partial charge in [-0.2, -0.15) is 0 Å². The number of imidazole rings is 1. The summed E-state index contributed by atoms with van der Waals surface area (Å²) >= 11 is 0. The van der Waals surface area contributed by atoms with Crippen LogP contribution in [-0.2, 0) is 16.0 Å². The van der Waals surface area contributed by atoms with Gasteiger partial charge >= 0.3 is 0 Å². The lowest BCUT2D eigenvalue weighted by atomic mass is 9.96. The summed E-state index contributed by atoms with van der Waals surface area (Å²) in [6.07, 6.45) is 4.28. The highest BCUT2D eigenvalue weighted by Crippen LogP contribution is 2.30. The normalized spacial score (nSPS) is 23.1. The summed E-state index contributed by atoms with van der Waals surface area (Å²) < 4.78 is 55.3. The third-order valence-electron chi connectivity index (χ3n) is 6.73. The predicted octanol–water partition coefficient (Wildman–Crippen LogP) is 4.53. The Morgan fingerprint density at radius 2 is 1.94 bits per heavy atom. The summed E-state index contributed by atoms with van der Waals surface area (Å²) in [4.78, 5) is 17.7. The number of anilines is 2. The highest BCUT2D eigenvalue weighted by atomic mass is 19.1. The van der Waals surface area contributed by atoms with Crippen LogP contribution in [0, 0.1) is 17.5 Å². The molecular weight excluding hydrogens is 473 g/mol. The Morgan fingerprint density at radius 1 is 1.08 bits per heavy atom. The van der Waals surface area contributed by atoms with Crippen molar-refractivity contribution in [2.75, 3.05) is 31.7 Å². The molecule has 3 aromatic rings. The van der Waals surface area contributed by atoms with Crippen molar-refractivity contribution < 1.29 is 22.6 Å². The minimum atomic E-state index is -0.655. The predicted molar refractivity (Wildman–Crippen MR) is 127 cm³/mol. The first kappa shape index (κ1) is 24.7. The van der Waals surface area contributed by atoms with E-state index in [-0.39, 0.29) is 47.5 Å².